The van der Waals surface area contributed by atoms with Crippen molar-refractivity contribution >= 4 is 31.3 Å². The van der Waals surface area contributed by atoms with Crippen molar-refractivity contribution < 1.29 is 23.0 Å². The highest BCUT2D eigenvalue weighted by molar-refractivity contribution is 8.13. The molecular formula is C8H7Cl2FO4S. The number of hydrogen-bond donors (Lipinski definition) is 2. The smallest absolute Gasteiger partial charge is 0.232 e. The molecule has 90 valence electrons. The topological polar surface area (TPSA) is 74.6 Å². The van der Waals surface area contributed by atoms with Crippen LogP contribution in [-0.2, 0) is 15.5 Å². The lowest BCUT2D eigenvalue weighted by molar-refractivity contribution is 0.417. The van der Waals surface area contributed by atoms with E-state index in [-0.39, 0.29) is 12.0 Å². The highest BCUT2D eigenvalue weighted by Crippen LogP contribution is 2.37. The average molecular weight is 289 g/mol. The Labute approximate surface area is 101 Å². The van der Waals surface area contributed by atoms with Gasteiger partial charge in [0.25, 0.3) is 0 Å². The predicted octanol–water partition coefficient (Wildman–Crippen LogP) is 2.00. The predicted molar refractivity (Wildman–Crippen MR) is 58.1 cm³/mol. The van der Waals surface area contributed by atoms with E-state index in [2.05, 4.69) is 0 Å². The largest absolute Gasteiger partial charge is 0.506 e. The molecule has 0 heterocycles. The molecule has 0 aliphatic rings. The van der Waals surface area contributed by atoms with E-state index in [0.29, 0.717) is 0 Å². The van der Waals surface area contributed by atoms with Crippen LogP contribution in [0.1, 0.15) is 5.56 Å². The summed E-state index contributed by atoms with van der Waals surface area (Å²) >= 11 is 5.42. The molecule has 16 heavy (non-hydrogen) atoms. The molecule has 0 atom stereocenters. The zero-order valence-electron chi connectivity index (χ0n) is 7.74. The molecule has 0 saturated carbocycles. The summed E-state index contributed by atoms with van der Waals surface area (Å²) in [6, 6.07) is 0.804. The molecule has 0 radical (unpaired) electrons. The maximum absolute atomic E-state index is 13.0. The van der Waals surface area contributed by atoms with Gasteiger partial charge in [0.1, 0.15) is 10.8 Å². The maximum Gasteiger partial charge on any atom is 0.232 e. The minimum Gasteiger partial charge on any atom is -0.506 e. The highest BCUT2D eigenvalue weighted by atomic mass is 35.7. The minimum atomic E-state index is -3.74. The molecular weight excluding hydrogens is 282 g/mol. The van der Waals surface area contributed by atoms with Gasteiger partial charge in [-0.05, 0) is 18.1 Å². The molecule has 0 fully saturated rings. The second kappa shape index (κ2) is 4.65. The molecule has 0 unspecified atom stereocenters. The molecule has 0 aromatic heterocycles. The molecule has 0 bridgehead atoms. The first-order valence-electron chi connectivity index (χ1n) is 4.03. The summed E-state index contributed by atoms with van der Waals surface area (Å²) < 4.78 is 34.3. The van der Waals surface area contributed by atoms with Crippen molar-refractivity contribution in [3.8, 4) is 11.5 Å². The molecule has 8 heteroatoms. The quantitative estimate of drug-likeness (QED) is 0.835. The van der Waals surface area contributed by atoms with Gasteiger partial charge in [-0.25, -0.2) is 12.8 Å². The maximum atomic E-state index is 13.0. The standard InChI is InChI=1S/C8H7Cl2FO4S/c9-6-7(12)4(1-2-16(10,14)15)3-5(11)8(6)13/h3,12-13H,1-2H2. The number of rotatable bonds is 3. The fraction of sp³-hybridized carbons (Fsp3) is 0.250. The van der Waals surface area contributed by atoms with E-state index in [9.17, 15) is 17.9 Å². The van der Waals surface area contributed by atoms with Crippen LogP contribution < -0.4 is 0 Å². The first-order chi connectivity index (χ1) is 7.22. The summed E-state index contributed by atoms with van der Waals surface area (Å²) in [4.78, 5) is 0. The molecule has 1 aromatic rings. The van der Waals surface area contributed by atoms with E-state index in [1.807, 2.05) is 0 Å². The van der Waals surface area contributed by atoms with Gasteiger partial charge in [-0.15, -0.1) is 0 Å². The molecule has 0 aliphatic carbocycles. The van der Waals surface area contributed by atoms with Crippen LogP contribution in [0.3, 0.4) is 0 Å². The van der Waals surface area contributed by atoms with Crippen LogP contribution >= 0.6 is 22.3 Å². The first kappa shape index (κ1) is 13.3. The monoisotopic (exact) mass is 288 g/mol. The number of phenolic OH excluding ortho intramolecular Hbond substituents is 2. The Hall–Kier alpha value is -0.720. The van der Waals surface area contributed by atoms with Gasteiger partial charge in [0.15, 0.2) is 11.6 Å². The number of aryl methyl sites for hydroxylation is 1. The number of aromatic hydroxyl groups is 2. The third-order valence-corrected chi connectivity index (χ3v) is 3.38. The van der Waals surface area contributed by atoms with Gasteiger partial charge in [0.2, 0.25) is 9.05 Å². The van der Waals surface area contributed by atoms with Crippen molar-refractivity contribution in [3.63, 3.8) is 0 Å². The summed E-state index contributed by atoms with van der Waals surface area (Å²) in [6.45, 7) is 0. The van der Waals surface area contributed by atoms with Gasteiger partial charge >= 0.3 is 0 Å². The molecule has 0 saturated heterocycles. The van der Waals surface area contributed by atoms with Crippen molar-refractivity contribution in [2.24, 2.45) is 0 Å². The minimum absolute atomic E-state index is 0.0375. The van der Waals surface area contributed by atoms with E-state index in [4.69, 9.17) is 27.4 Å². The van der Waals surface area contributed by atoms with Gasteiger partial charge < -0.3 is 10.2 Å². The molecule has 0 amide bonds. The fourth-order valence-electron chi connectivity index (χ4n) is 1.07. The van der Waals surface area contributed by atoms with Gasteiger partial charge in [0, 0.05) is 10.7 Å². The van der Waals surface area contributed by atoms with Crippen LogP contribution in [0, 0.1) is 5.82 Å². The molecule has 0 spiro atoms. The molecule has 1 rings (SSSR count). The van der Waals surface area contributed by atoms with Crippen molar-refractivity contribution in [2.75, 3.05) is 5.75 Å². The Morgan fingerprint density at radius 3 is 2.38 bits per heavy atom. The van der Waals surface area contributed by atoms with Crippen molar-refractivity contribution in [1.29, 1.82) is 0 Å². The Kier molecular flexibility index (Phi) is 3.88. The zero-order valence-corrected chi connectivity index (χ0v) is 10.1. The molecule has 2 N–H and O–H groups in total. The van der Waals surface area contributed by atoms with E-state index in [1.165, 1.54) is 0 Å². The summed E-state index contributed by atoms with van der Waals surface area (Å²) in [7, 11) is 1.22. The molecule has 0 aliphatic heterocycles. The average Bonchev–Trinajstić information content (AvgIpc) is 2.17. The van der Waals surface area contributed by atoms with Crippen LogP contribution in [0.5, 0.6) is 11.5 Å². The van der Waals surface area contributed by atoms with Crippen molar-refractivity contribution in [1.82, 2.24) is 0 Å². The van der Waals surface area contributed by atoms with Crippen LogP contribution in [0.4, 0.5) is 4.39 Å². The number of hydrogen-bond acceptors (Lipinski definition) is 4. The lowest BCUT2D eigenvalue weighted by atomic mass is 10.1. The van der Waals surface area contributed by atoms with Gasteiger partial charge in [0.05, 0.1) is 5.75 Å². The SMILES string of the molecule is O=S(=O)(Cl)CCc1cc(F)c(O)c(Cl)c1O. The number of benzene rings is 1. The zero-order chi connectivity index (χ0) is 12.5. The van der Waals surface area contributed by atoms with Crippen LogP contribution in [0.2, 0.25) is 5.02 Å². The summed E-state index contributed by atoms with van der Waals surface area (Å²) in [6.07, 6.45) is -0.200. The summed E-state index contributed by atoms with van der Waals surface area (Å²) in [5, 5.41) is 17.9. The van der Waals surface area contributed by atoms with Crippen LogP contribution in [-0.4, -0.2) is 24.4 Å². The lowest BCUT2D eigenvalue weighted by Crippen LogP contribution is -2.02. The number of phenols is 2. The Balaban J connectivity index is 3.07. The van der Waals surface area contributed by atoms with Crippen molar-refractivity contribution in [2.45, 2.75) is 6.42 Å². The Morgan fingerprint density at radius 2 is 1.88 bits per heavy atom. The molecule has 1 aromatic carbocycles. The normalized spacial score (nSPS) is 11.7. The van der Waals surface area contributed by atoms with E-state index < -0.39 is 37.1 Å². The second-order valence-corrected chi connectivity index (χ2v) is 6.30. The lowest BCUT2D eigenvalue weighted by Gasteiger charge is -2.07. The van der Waals surface area contributed by atoms with Gasteiger partial charge in [-0.2, -0.15) is 0 Å². The number of halogens is 3. The fourth-order valence-corrected chi connectivity index (χ4v) is 1.98. The summed E-state index contributed by atoms with van der Waals surface area (Å²) in [5.74, 6) is -2.94. The Morgan fingerprint density at radius 1 is 1.31 bits per heavy atom. The van der Waals surface area contributed by atoms with Crippen LogP contribution in [0.25, 0.3) is 0 Å². The van der Waals surface area contributed by atoms with E-state index >= 15 is 0 Å². The van der Waals surface area contributed by atoms with E-state index in [0.717, 1.165) is 6.07 Å². The van der Waals surface area contributed by atoms with Gasteiger partial charge in [-0.1, -0.05) is 11.6 Å². The second-order valence-electron chi connectivity index (χ2n) is 3.02. The van der Waals surface area contributed by atoms with Gasteiger partial charge in [-0.3, -0.25) is 0 Å². The highest BCUT2D eigenvalue weighted by Gasteiger charge is 2.17. The first-order valence-corrected chi connectivity index (χ1v) is 6.89. The Bertz CT molecular complexity index is 515. The van der Waals surface area contributed by atoms with Crippen molar-refractivity contribution in [3.05, 3.63) is 22.5 Å². The summed E-state index contributed by atoms with van der Waals surface area (Å²) in [5.41, 5.74) is -0.0375. The van der Waals surface area contributed by atoms with Crippen LogP contribution in [0.15, 0.2) is 6.07 Å². The van der Waals surface area contributed by atoms with E-state index in [1.54, 1.807) is 0 Å². The molecule has 4 nitrogen and oxygen atoms in total. The third-order valence-electron chi connectivity index (χ3n) is 1.86. The third kappa shape index (κ3) is 3.13.